The van der Waals surface area contributed by atoms with Crippen molar-refractivity contribution in [2.75, 3.05) is 13.3 Å². The highest BCUT2D eigenvalue weighted by atomic mass is 16.7. The molecule has 3 aliphatic rings. The first kappa shape index (κ1) is 24.5. The molecule has 11 heteroatoms. The van der Waals surface area contributed by atoms with Crippen LogP contribution in [0.1, 0.15) is 43.2 Å². The molecular weight excluding hydrogens is 480 g/mol. The number of carbonyl (C=O) groups is 3. The van der Waals surface area contributed by atoms with Crippen LogP contribution in [0.2, 0.25) is 0 Å². The molecule has 11 nitrogen and oxygen atoms in total. The molecule has 0 spiro atoms. The van der Waals surface area contributed by atoms with Crippen LogP contribution in [0.15, 0.2) is 42.5 Å². The highest BCUT2D eigenvalue weighted by molar-refractivity contribution is 5.99. The van der Waals surface area contributed by atoms with Gasteiger partial charge in [-0.1, -0.05) is 31.0 Å². The number of nitrogens with zero attached hydrogens (tertiary/aromatic N) is 3. The lowest BCUT2D eigenvalue weighted by atomic mass is 9.81. The topological polar surface area (TPSA) is 131 Å². The number of fused-ring (bicyclic) bond motifs is 2. The second-order valence-electron chi connectivity index (χ2n) is 9.50. The molecule has 37 heavy (non-hydrogen) atoms. The quantitative estimate of drug-likeness (QED) is 0.427. The lowest BCUT2D eigenvalue weighted by molar-refractivity contribution is -0.384. The van der Waals surface area contributed by atoms with Crippen LogP contribution in [0.3, 0.4) is 0 Å². The van der Waals surface area contributed by atoms with Gasteiger partial charge in [0.05, 0.1) is 10.8 Å². The fourth-order valence-corrected chi connectivity index (χ4v) is 5.23. The van der Waals surface area contributed by atoms with Crippen molar-refractivity contribution < 1.29 is 28.8 Å². The van der Waals surface area contributed by atoms with Gasteiger partial charge in [0.2, 0.25) is 18.6 Å². The number of non-ortho nitro benzene ring substituents is 1. The van der Waals surface area contributed by atoms with Gasteiger partial charge in [0.15, 0.2) is 11.5 Å². The van der Waals surface area contributed by atoms with Gasteiger partial charge in [0, 0.05) is 44.2 Å². The Morgan fingerprint density at radius 3 is 2.54 bits per heavy atom. The fourth-order valence-electron chi connectivity index (χ4n) is 5.23. The fraction of sp³-hybridized carbons (Fsp3) is 0.423. The van der Waals surface area contributed by atoms with E-state index in [1.54, 1.807) is 29.2 Å². The third-order valence-electron chi connectivity index (χ3n) is 7.18. The first-order chi connectivity index (χ1) is 17.9. The van der Waals surface area contributed by atoms with Crippen molar-refractivity contribution in [1.29, 1.82) is 0 Å². The van der Waals surface area contributed by atoms with Gasteiger partial charge in [0.25, 0.3) is 5.69 Å². The van der Waals surface area contributed by atoms with E-state index in [0.717, 1.165) is 30.4 Å². The number of nitro groups is 1. The zero-order valence-electron chi connectivity index (χ0n) is 20.3. The van der Waals surface area contributed by atoms with E-state index in [1.165, 1.54) is 17.0 Å². The lowest BCUT2D eigenvalue weighted by Gasteiger charge is -2.46. The molecule has 4 amide bonds. The first-order valence-electron chi connectivity index (χ1n) is 12.4. The highest BCUT2D eigenvalue weighted by Crippen LogP contribution is 2.36. The highest BCUT2D eigenvalue weighted by Gasteiger charge is 2.46. The van der Waals surface area contributed by atoms with Gasteiger partial charge in [0.1, 0.15) is 0 Å². The Kier molecular flexibility index (Phi) is 6.93. The van der Waals surface area contributed by atoms with E-state index < -0.39 is 11.0 Å². The monoisotopic (exact) mass is 508 g/mol. The Bertz CT molecular complexity index is 1220. The van der Waals surface area contributed by atoms with E-state index in [2.05, 4.69) is 5.32 Å². The predicted molar refractivity (Wildman–Crippen MR) is 131 cm³/mol. The Hall–Kier alpha value is -4.15. The maximum Gasteiger partial charge on any atom is 0.327 e. The van der Waals surface area contributed by atoms with E-state index in [9.17, 15) is 24.5 Å². The van der Waals surface area contributed by atoms with Crippen LogP contribution < -0.4 is 14.8 Å². The minimum absolute atomic E-state index is 0.00914. The molecule has 1 aliphatic carbocycles. The molecular formula is C26H28N4O7. The van der Waals surface area contributed by atoms with Crippen LogP contribution in [0.4, 0.5) is 10.5 Å². The lowest BCUT2D eigenvalue weighted by Crippen LogP contribution is -2.62. The molecule has 0 bridgehead atoms. The zero-order valence-corrected chi connectivity index (χ0v) is 20.3. The number of rotatable bonds is 8. The van der Waals surface area contributed by atoms with Gasteiger partial charge < -0.3 is 19.7 Å². The van der Waals surface area contributed by atoms with Crippen molar-refractivity contribution in [3.8, 4) is 11.5 Å². The van der Waals surface area contributed by atoms with E-state index >= 15 is 0 Å². The number of nitro benzene ring substituents is 1. The Balaban J connectivity index is 1.22. The normalized spacial score (nSPS) is 20.5. The van der Waals surface area contributed by atoms with E-state index in [1.807, 2.05) is 6.07 Å². The number of urea groups is 1. The van der Waals surface area contributed by atoms with E-state index in [0.29, 0.717) is 17.9 Å². The minimum atomic E-state index is -0.467. The molecule has 194 valence electrons. The molecule has 1 saturated carbocycles. The maximum atomic E-state index is 13.4. The van der Waals surface area contributed by atoms with Crippen LogP contribution in [-0.4, -0.2) is 51.9 Å². The van der Waals surface area contributed by atoms with E-state index in [4.69, 9.17) is 9.47 Å². The van der Waals surface area contributed by atoms with Gasteiger partial charge in [-0.2, -0.15) is 0 Å². The van der Waals surface area contributed by atoms with Crippen molar-refractivity contribution in [3.05, 3.63) is 63.7 Å². The molecule has 2 aromatic rings. The molecule has 2 aliphatic heterocycles. The van der Waals surface area contributed by atoms with Crippen LogP contribution >= 0.6 is 0 Å². The largest absolute Gasteiger partial charge is 0.454 e. The van der Waals surface area contributed by atoms with Gasteiger partial charge in [-0.15, -0.1) is 0 Å². The Morgan fingerprint density at radius 2 is 1.76 bits per heavy atom. The summed E-state index contributed by atoms with van der Waals surface area (Å²) in [5.41, 5.74) is 1.58. The molecule has 1 N–H and O–H groups in total. The summed E-state index contributed by atoms with van der Waals surface area (Å²) < 4.78 is 10.7. The first-order valence-corrected chi connectivity index (χ1v) is 12.4. The summed E-state index contributed by atoms with van der Waals surface area (Å²) in [5, 5.41) is 13.8. The van der Waals surface area contributed by atoms with Crippen molar-refractivity contribution in [2.45, 2.75) is 51.2 Å². The summed E-state index contributed by atoms with van der Waals surface area (Å²) >= 11 is 0. The second kappa shape index (κ2) is 10.5. The van der Waals surface area contributed by atoms with Crippen molar-refractivity contribution >= 4 is 23.5 Å². The predicted octanol–water partition coefficient (Wildman–Crippen LogP) is 3.35. The summed E-state index contributed by atoms with van der Waals surface area (Å²) in [4.78, 5) is 52.6. The van der Waals surface area contributed by atoms with Crippen molar-refractivity contribution in [2.24, 2.45) is 5.92 Å². The van der Waals surface area contributed by atoms with Crippen molar-refractivity contribution in [3.63, 3.8) is 0 Å². The molecule has 2 aromatic carbocycles. The standard InChI is InChI=1S/C26H28N4O7/c31-24(27-14-18-7-10-22-23(13-18)37-16-36-22)11-12-28-25(32)20-3-1-2-4-21(20)29(26(28)33)15-17-5-8-19(9-6-17)30(34)35/h5-10,13,20-21H,1-4,11-12,14-16H2,(H,27,31). The molecule has 1 saturated heterocycles. The van der Waals surface area contributed by atoms with Crippen LogP contribution in [-0.2, 0) is 22.7 Å². The zero-order chi connectivity index (χ0) is 25.9. The number of benzene rings is 2. The number of hydrogen-bond donors (Lipinski definition) is 1. The smallest absolute Gasteiger partial charge is 0.327 e. The average Bonchev–Trinajstić information content (AvgIpc) is 3.38. The number of carbonyl (C=O) groups excluding carboxylic acids is 3. The number of nitrogens with one attached hydrogen (secondary N) is 1. The Morgan fingerprint density at radius 1 is 1.03 bits per heavy atom. The summed E-state index contributed by atoms with van der Waals surface area (Å²) in [5.74, 6) is 0.494. The maximum absolute atomic E-state index is 13.4. The van der Waals surface area contributed by atoms with Crippen LogP contribution in [0.25, 0.3) is 0 Å². The second-order valence-corrected chi connectivity index (χ2v) is 9.50. The van der Waals surface area contributed by atoms with Gasteiger partial charge in [-0.25, -0.2) is 4.79 Å². The average molecular weight is 509 g/mol. The summed E-state index contributed by atoms with van der Waals surface area (Å²) in [6.07, 6.45) is 3.27. The summed E-state index contributed by atoms with van der Waals surface area (Å²) in [6.45, 7) is 0.698. The van der Waals surface area contributed by atoms with Gasteiger partial charge in [-0.05, 0) is 36.1 Å². The van der Waals surface area contributed by atoms with Gasteiger partial charge in [-0.3, -0.25) is 24.6 Å². The van der Waals surface area contributed by atoms with Crippen LogP contribution in [0.5, 0.6) is 11.5 Å². The summed E-state index contributed by atoms with van der Waals surface area (Å²) in [6, 6.07) is 10.9. The molecule has 2 fully saturated rings. The SMILES string of the molecule is O=C(CCN1C(=O)C2CCCCC2N(Cc2ccc([N+](=O)[O-])cc2)C1=O)NCc1ccc2c(c1)OCO2. The molecule has 0 radical (unpaired) electrons. The number of hydrogen-bond acceptors (Lipinski definition) is 7. The number of ether oxygens (including phenoxy) is 2. The molecule has 0 aromatic heterocycles. The van der Waals surface area contributed by atoms with Crippen molar-refractivity contribution in [1.82, 2.24) is 15.1 Å². The van der Waals surface area contributed by atoms with Gasteiger partial charge >= 0.3 is 6.03 Å². The molecule has 2 heterocycles. The number of amides is 4. The van der Waals surface area contributed by atoms with E-state index in [-0.39, 0.29) is 62.3 Å². The Labute approximate surface area is 213 Å². The summed E-state index contributed by atoms with van der Waals surface area (Å²) in [7, 11) is 0. The molecule has 2 unspecified atom stereocenters. The molecule has 5 rings (SSSR count). The third-order valence-corrected chi connectivity index (χ3v) is 7.18. The van der Waals surface area contributed by atoms with Crippen LogP contribution in [0, 0.1) is 16.0 Å². The minimum Gasteiger partial charge on any atom is -0.454 e. The number of imide groups is 1. The molecule has 2 atom stereocenters. The third kappa shape index (κ3) is 5.20.